The Bertz CT molecular complexity index is 1010. The number of benzene rings is 1. The highest BCUT2D eigenvalue weighted by atomic mass is 16.2. The summed E-state index contributed by atoms with van der Waals surface area (Å²) >= 11 is 0. The number of aryl methyl sites for hydroxylation is 3. The molecule has 1 aromatic heterocycles. The smallest absolute Gasteiger partial charge is 0.319 e. The SMILES string of the molecule is CCCCc1ccc(NC(=O)N[C@H]2CC[C@@H](Nc3nc4c(c(N(C)C)n3)CCCC4)CC2)c(C)c1. The van der Waals surface area contributed by atoms with Gasteiger partial charge in [0.1, 0.15) is 5.82 Å². The van der Waals surface area contributed by atoms with Gasteiger partial charge in [0.05, 0.1) is 5.69 Å². The lowest BCUT2D eigenvalue weighted by molar-refractivity contribution is 0.243. The number of urea groups is 1. The number of aromatic nitrogens is 2. The Balaban J connectivity index is 1.27. The molecule has 35 heavy (non-hydrogen) atoms. The second kappa shape index (κ2) is 11.7. The predicted molar refractivity (Wildman–Crippen MR) is 145 cm³/mol. The topological polar surface area (TPSA) is 82.2 Å². The highest BCUT2D eigenvalue weighted by Gasteiger charge is 2.25. The van der Waals surface area contributed by atoms with E-state index < -0.39 is 0 Å². The van der Waals surface area contributed by atoms with Crippen LogP contribution in [-0.4, -0.2) is 42.2 Å². The summed E-state index contributed by atoms with van der Waals surface area (Å²) in [5.74, 6) is 1.80. The highest BCUT2D eigenvalue weighted by Crippen LogP contribution is 2.29. The van der Waals surface area contributed by atoms with Gasteiger partial charge in [0.15, 0.2) is 0 Å². The molecular weight excluding hydrogens is 436 g/mol. The predicted octanol–water partition coefficient (Wildman–Crippen LogP) is 5.62. The molecule has 1 heterocycles. The van der Waals surface area contributed by atoms with Gasteiger partial charge in [-0.25, -0.2) is 9.78 Å². The van der Waals surface area contributed by atoms with Crippen LogP contribution < -0.4 is 20.9 Å². The average molecular weight is 479 g/mol. The van der Waals surface area contributed by atoms with Gasteiger partial charge in [0, 0.05) is 37.4 Å². The zero-order valence-corrected chi connectivity index (χ0v) is 21.9. The quantitative estimate of drug-likeness (QED) is 0.459. The normalized spacial score (nSPS) is 19.5. The first kappa shape index (κ1) is 25.3. The second-order valence-corrected chi connectivity index (χ2v) is 10.4. The standard InChI is InChI=1S/C28H42N6O/c1-5-6-9-20-12-17-24(19(2)18-20)32-28(35)30-22-15-13-21(14-16-22)29-27-31-25-11-8-7-10-23(25)26(33-27)34(3)4/h12,17-18,21-22H,5-11,13-16H2,1-4H3,(H,29,31,33)(H2,30,32,35)/t21-,22+. The lowest BCUT2D eigenvalue weighted by atomic mass is 9.91. The van der Waals surface area contributed by atoms with Crippen molar-refractivity contribution in [3.8, 4) is 0 Å². The molecule has 2 aromatic rings. The van der Waals surface area contributed by atoms with E-state index in [1.54, 1.807) is 0 Å². The van der Waals surface area contributed by atoms with Crippen LogP contribution in [0.1, 0.15) is 80.7 Å². The molecule has 2 aliphatic carbocycles. The number of hydrogen-bond acceptors (Lipinski definition) is 5. The van der Waals surface area contributed by atoms with Crippen LogP contribution in [0.2, 0.25) is 0 Å². The molecule has 0 radical (unpaired) electrons. The summed E-state index contributed by atoms with van der Waals surface area (Å²) in [5.41, 5.74) is 5.86. The number of nitrogens with zero attached hydrogens (tertiary/aromatic N) is 3. The van der Waals surface area contributed by atoms with Crippen molar-refractivity contribution in [2.45, 2.75) is 96.6 Å². The number of nitrogens with one attached hydrogen (secondary N) is 3. The Kier molecular flexibility index (Phi) is 8.47. The number of anilines is 3. The van der Waals surface area contributed by atoms with Crippen LogP contribution in [0, 0.1) is 6.92 Å². The molecule has 0 aliphatic heterocycles. The molecule has 0 saturated heterocycles. The lowest BCUT2D eigenvalue weighted by Gasteiger charge is -2.30. The zero-order chi connectivity index (χ0) is 24.8. The van der Waals surface area contributed by atoms with Crippen LogP contribution in [0.4, 0.5) is 22.2 Å². The van der Waals surface area contributed by atoms with E-state index in [-0.39, 0.29) is 12.1 Å². The maximum atomic E-state index is 12.6. The van der Waals surface area contributed by atoms with Crippen molar-refractivity contribution in [1.82, 2.24) is 15.3 Å². The van der Waals surface area contributed by atoms with E-state index in [9.17, 15) is 4.79 Å². The molecule has 7 heteroatoms. The van der Waals surface area contributed by atoms with Gasteiger partial charge >= 0.3 is 6.03 Å². The van der Waals surface area contributed by atoms with Crippen molar-refractivity contribution in [3.05, 3.63) is 40.6 Å². The summed E-state index contributed by atoms with van der Waals surface area (Å²) in [6, 6.07) is 6.76. The third kappa shape index (κ3) is 6.65. The number of amides is 2. The molecule has 7 nitrogen and oxygen atoms in total. The molecule has 0 atom stereocenters. The van der Waals surface area contributed by atoms with Gasteiger partial charge in [-0.05, 0) is 88.3 Å². The van der Waals surface area contributed by atoms with Crippen molar-refractivity contribution < 1.29 is 4.79 Å². The van der Waals surface area contributed by atoms with E-state index in [2.05, 4.69) is 60.9 Å². The molecule has 2 amide bonds. The molecule has 1 aromatic carbocycles. The Morgan fingerprint density at radius 3 is 2.51 bits per heavy atom. The third-order valence-corrected chi connectivity index (χ3v) is 7.34. The molecule has 4 rings (SSSR count). The first-order chi connectivity index (χ1) is 16.9. The van der Waals surface area contributed by atoms with Gasteiger partial charge in [-0.3, -0.25) is 0 Å². The van der Waals surface area contributed by atoms with Crippen LogP contribution in [0.5, 0.6) is 0 Å². The maximum absolute atomic E-state index is 12.6. The van der Waals surface area contributed by atoms with Gasteiger partial charge in [-0.1, -0.05) is 25.5 Å². The minimum Gasteiger partial charge on any atom is -0.362 e. The number of fused-ring (bicyclic) bond motifs is 1. The van der Waals surface area contributed by atoms with Crippen LogP contribution in [-0.2, 0) is 19.3 Å². The Morgan fingerprint density at radius 1 is 1.06 bits per heavy atom. The Hall–Kier alpha value is -2.83. The largest absolute Gasteiger partial charge is 0.362 e. The summed E-state index contributed by atoms with van der Waals surface area (Å²) in [7, 11) is 4.12. The van der Waals surface area contributed by atoms with Crippen LogP contribution in [0.25, 0.3) is 0 Å². The first-order valence-corrected chi connectivity index (χ1v) is 13.4. The maximum Gasteiger partial charge on any atom is 0.319 e. The number of carbonyl (C=O) groups is 1. The Morgan fingerprint density at radius 2 is 1.80 bits per heavy atom. The fraction of sp³-hybridized carbons (Fsp3) is 0.607. The van der Waals surface area contributed by atoms with E-state index in [0.29, 0.717) is 6.04 Å². The van der Waals surface area contributed by atoms with E-state index in [4.69, 9.17) is 9.97 Å². The van der Waals surface area contributed by atoms with Crippen molar-refractivity contribution in [2.75, 3.05) is 29.6 Å². The number of rotatable bonds is 8. The molecule has 3 N–H and O–H groups in total. The second-order valence-electron chi connectivity index (χ2n) is 10.4. The summed E-state index contributed by atoms with van der Waals surface area (Å²) in [5, 5.41) is 9.81. The minimum absolute atomic E-state index is 0.112. The molecule has 190 valence electrons. The summed E-state index contributed by atoms with van der Waals surface area (Å²) in [4.78, 5) is 24.5. The van der Waals surface area contributed by atoms with Gasteiger partial charge < -0.3 is 20.9 Å². The summed E-state index contributed by atoms with van der Waals surface area (Å²) < 4.78 is 0. The van der Waals surface area contributed by atoms with Crippen LogP contribution in [0.3, 0.4) is 0 Å². The van der Waals surface area contributed by atoms with E-state index in [1.807, 2.05) is 6.07 Å². The first-order valence-electron chi connectivity index (χ1n) is 13.4. The van der Waals surface area contributed by atoms with E-state index in [1.165, 1.54) is 42.5 Å². The summed E-state index contributed by atoms with van der Waals surface area (Å²) in [6.07, 6.45) is 11.9. The van der Waals surface area contributed by atoms with Gasteiger partial charge in [0.2, 0.25) is 5.95 Å². The molecule has 1 fully saturated rings. The Labute approximate surface area is 210 Å². The number of unbranched alkanes of at least 4 members (excludes halogenated alkanes) is 1. The van der Waals surface area contributed by atoms with Crippen molar-refractivity contribution in [2.24, 2.45) is 0 Å². The average Bonchev–Trinajstić information content (AvgIpc) is 2.85. The van der Waals surface area contributed by atoms with Gasteiger partial charge in [0.25, 0.3) is 0 Å². The molecule has 0 spiro atoms. The molecular formula is C28H42N6O. The summed E-state index contributed by atoms with van der Waals surface area (Å²) in [6.45, 7) is 4.27. The fourth-order valence-corrected chi connectivity index (χ4v) is 5.32. The van der Waals surface area contributed by atoms with Crippen molar-refractivity contribution >= 4 is 23.5 Å². The monoisotopic (exact) mass is 478 g/mol. The van der Waals surface area contributed by atoms with Crippen molar-refractivity contribution in [1.29, 1.82) is 0 Å². The highest BCUT2D eigenvalue weighted by molar-refractivity contribution is 5.90. The molecule has 2 aliphatic rings. The van der Waals surface area contributed by atoms with E-state index in [0.717, 1.165) is 68.0 Å². The fourth-order valence-electron chi connectivity index (χ4n) is 5.32. The minimum atomic E-state index is -0.112. The van der Waals surface area contributed by atoms with Crippen LogP contribution in [0.15, 0.2) is 18.2 Å². The number of carbonyl (C=O) groups excluding carboxylic acids is 1. The number of hydrogen-bond donors (Lipinski definition) is 3. The van der Waals surface area contributed by atoms with Gasteiger partial charge in [-0.15, -0.1) is 0 Å². The van der Waals surface area contributed by atoms with E-state index >= 15 is 0 Å². The van der Waals surface area contributed by atoms with Crippen molar-refractivity contribution in [3.63, 3.8) is 0 Å². The molecule has 0 bridgehead atoms. The van der Waals surface area contributed by atoms with Crippen LogP contribution >= 0.6 is 0 Å². The zero-order valence-electron chi connectivity index (χ0n) is 21.9. The third-order valence-electron chi connectivity index (χ3n) is 7.34. The molecule has 0 unspecified atom stereocenters. The van der Waals surface area contributed by atoms with Gasteiger partial charge in [-0.2, -0.15) is 4.98 Å². The molecule has 1 saturated carbocycles. The lowest BCUT2D eigenvalue weighted by Crippen LogP contribution is -2.42.